The zero-order valence-electron chi connectivity index (χ0n) is 16.8. The van der Waals surface area contributed by atoms with Crippen molar-refractivity contribution in [1.29, 1.82) is 0 Å². The summed E-state index contributed by atoms with van der Waals surface area (Å²) in [6.45, 7) is 3.69. The Morgan fingerprint density at radius 2 is 1.80 bits per heavy atom. The van der Waals surface area contributed by atoms with Crippen LogP contribution in [0.1, 0.15) is 28.4 Å². The monoisotopic (exact) mass is 426 g/mol. The van der Waals surface area contributed by atoms with Gasteiger partial charge in [0.05, 0.1) is 13.1 Å². The molecular weight excluding hydrogens is 404 g/mol. The fraction of sp³-hybridized carbons (Fsp3) is 0.227. The Balaban J connectivity index is 1.98. The van der Waals surface area contributed by atoms with E-state index in [-0.39, 0.29) is 31.0 Å². The summed E-state index contributed by atoms with van der Waals surface area (Å²) in [5, 5.41) is 3.61. The number of anilines is 2. The van der Waals surface area contributed by atoms with Gasteiger partial charge in [0.2, 0.25) is 0 Å². The van der Waals surface area contributed by atoms with E-state index in [1.54, 1.807) is 25.1 Å². The highest BCUT2D eigenvalue weighted by Crippen LogP contribution is 2.19. The third-order valence-corrected chi connectivity index (χ3v) is 5.11. The van der Waals surface area contributed by atoms with Gasteiger partial charge in [-0.05, 0) is 43.2 Å². The van der Waals surface area contributed by atoms with Gasteiger partial charge in [0, 0.05) is 17.3 Å². The van der Waals surface area contributed by atoms with Crippen molar-refractivity contribution in [1.82, 2.24) is 9.13 Å². The molecular formula is C22H23ClN4O3. The fourth-order valence-electron chi connectivity index (χ4n) is 3.26. The molecule has 156 valence electrons. The third kappa shape index (κ3) is 4.31. The second-order valence-electron chi connectivity index (χ2n) is 6.90. The molecule has 8 heteroatoms. The SMILES string of the molecule is CCn1c(=O)c(C(=O)CNc2ccc(Cl)cc2C)c(N)n(Cc2ccccc2)c1=O. The number of aromatic nitrogens is 2. The quantitative estimate of drug-likeness (QED) is 0.566. The maximum Gasteiger partial charge on any atom is 0.332 e. The van der Waals surface area contributed by atoms with Gasteiger partial charge < -0.3 is 11.1 Å². The van der Waals surface area contributed by atoms with Crippen molar-refractivity contribution in [2.24, 2.45) is 0 Å². The summed E-state index contributed by atoms with van der Waals surface area (Å²) in [5.41, 5.74) is 7.17. The van der Waals surface area contributed by atoms with Crippen LogP contribution in [0.3, 0.4) is 0 Å². The normalized spacial score (nSPS) is 10.8. The smallest absolute Gasteiger partial charge is 0.332 e. The molecule has 0 bridgehead atoms. The van der Waals surface area contributed by atoms with E-state index in [0.717, 1.165) is 21.4 Å². The van der Waals surface area contributed by atoms with Crippen molar-refractivity contribution in [3.05, 3.63) is 91.1 Å². The van der Waals surface area contributed by atoms with Crippen molar-refractivity contribution in [3.8, 4) is 0 Å². The summed E-state index contributed by atoms with van der Waals surface area (Å²) < 4.78 is 2.29. The van der Waals surface area contributed by atoms with E-state index in [0.29, 0.717) is 5.02 Å². The summed E-state index contributed by atoms with van der Waals surface area (Å²) >= 11 is 5.96. The molecule has 0 saturated carbocycles. The lowest BCUT2D eigenvalue weighted by atomic mass is 10.1. The molecule has 3 N–H and O–H groups in total. The van der Waals surface area contributed by atoms with Crippen LogP contribution < -0.4 is 22.3 Å². The number of nitrogens with one attached hydrogen (secondary N) is 1. The molecule has 1 aromatic heterocycles. The minimum absolute atomic E-state index is 0.127. The van der Waals surface area contributed by atoms with Gasteiger partial charge in [-0.3, -0.25) is 18.7 Å². The Morgan fingerprint density at radius 1 is 1.10 bits per heavy atom. The molecule has 0 saturated heterocycles. The van der Waals surface area contributed by atoms with Crippen LogP contribution in [0.5, 0.6) is 0 Å². The van der Waals surface area contributed by atoms with Gasteiger partial charge >= 0.3 is 5.69 Å². The van der Waals surface area contributed by atoms with E-state index in [9.17, 15) is 14.4 Å². The average molecular weight is 427 g/mol. The number of nitrogen functional groups attached to an aromatic ring is 1. The van der Waals surface area contributed by atoms with Gasteiger partial charge in [-0.1, -0.05) is 41.9 Å². The minimum atomic E-state index is -0.677. The Kier molecular flexibility index (Phi) is 6.42. The molecule has 0 radical (unpaired) electrons. The number of carbonyl (C=O) groups excluding carboxylic acids is 1. The number of aryl methyl sites for hydroxylation is 1. The molecule has 0 atom stereocenters. The molecule has 0 aliphatic heterocycles. The standard InChI is InChI=1S/C22H23ClN4O3/c1-3-26-21(29)19(18(28)12-25-17-10-9-16(23)11-14(17)2)20(24)27(22(26)30)13-15-7-5-4-6-8-15/h4-11,25H,3,12-13,24H2,1-2H3. The van der Waals surface area contributed by atoms with Crippen molar-refractivity contribution in [2.75, 3.05) is 17.6 Å². The topological polar surface area (TPSA) is 99.1 Å². The first kappa shape index (κ1) is 21.4. The molecule has 30 heavy (non-hydrogen) atoms. The number of halogens is 1. The highest BCUT2D eigenvalue weighted by molar-refractivity contribution is 6.30. The average Bonchev–Trinajstić information content (AvgIpc) is 2.71. The van der Waals surface area contributed by atoms with Crippen LogP contribution in [0, 0.1) is 6.92 Å². The summed E-state index contributed by atoms with van der Waals surface area (Å²) in [6.07, 6.45) is 0. The summed E-state index contributed by atoms with van der Waals surface area (Å²) in [5.74, 6) is -0.617. The van der Waals surface area contributed by atoms with Crippen LogP contribution in [-0.4, -0.2) is 21.5 Å². The number of ketones is 1. The van der Waals surface area contributed by atoms with Crippen molar-refractivity contribution in [2.45, 2.75) is 26.9 Å². The Hall–Kier alpha value is -3.32. The van der Waals surface area contributed by atoms with Gasteiger partial charge in [-0.15, -0.1) is 0 Å². The molecule has 0 amide bonds. The Morgan fingerprint density at radius 3 is 2.43 bits per heavy atom. The van der Waals surface area contributed by atoms with E-state index in [1.807, 2.05) is 37.3 Å². The number of benzene rings is 2. The lowest BCUT2D eigenvalue weighted by molar-refractivity contribution is 0.100. The predicted octanol–water partition coefficient (Wildman–Crippen LogP) is 2.92. The summed E-state index contributed by atoms with van der Waals surface area (Å²) in [4.78, 5) is 38.5. The van der Waals surface area contributed by atoms with E-state index in [4.69, 9.17) is 17.3 Å². The van der Waals surface area contributed by atoms with Crippen molar-refractivity contribution < 1.29 is 4.79 Å². The van der Waals surface area contributed by atoms with Crippen molar-refractivity contribution in [3.63, 3.8) is 0 Å². The second-order valence-corrected chi connectivity index (χ2v) is 7.34. The summed E-state index contributed by atoms with van der Waals surface area (Å²) in [7, 11) is 0. The highest BCUT2D eigenvalue weighted by Gasteiger charge is 2.22. The fourth-order valence-corrected chi connectivity index (χ4v) is 3.49. The first-order valence-corrected chi connectivity index (χ1v) is 9.91. The first-order valence-electron chi connectivity index (χ1n) is 9.53. The number of Topliss-reactive ketones (excluding diaryl/α,β-unsaturated/α-hetero) is 1. The maximum atomic E-state index is 12.9. The molecule has 2 aromatic carbocycles. The van der Waals surface area contributed by atoms with Gasteiger partial charge in [0.1, 0.15) is 11.4 Å². The number of hydrogen-bond donors (Lipinski definition) is 2. The number of nitrogens with two attached hydrogens (primary N) is 1. The molecule has 0 aliphatic carbocycles. The van der Waals surface area contributed by atoms with Crippen LogP contribution in [0.2, 0.25) is 5.02 Å². The minimum Gasteiger partial charge on any atom is -0.384 e. The van der Waals surface area contributed by atoms with E-state index in [1.165, 1.54) is 4.57 Å². The molecule has 1 heterocycles. The van der Waals surface area contributed by atoms with Gasteiger partial charge in [0.15, 0.2) is 5.78 Å². The lowest BCUT2D eigenvalue weighted by Gasteiger charge is -2.16. The number of carbonyl (C=O) groups is 1. The first-order chi connectivity index (χ1) is 14.3. The zero-order chi connectivity index (χ0) is 21.8. The molecule has 7 nitrogen and oxygen atoms in total. The van der Waals surface area contributed by atoms with Gasteiger partial charge in [-0.25, -0.2) is 4.79 Å². The Bertz CT molecular complexity index is 1200. The Labute approximate surface area is 178 Å². The zero-order valence-corrected chi connectivity index (χ0v) is 17.6. The van der Waals surface area contributed by atoms with Crippen LogP contribution in [0.4, 0.5) is 11.5 Å². The van der Waals surface area contributed by atoms with E-state index >= 15 is 0 Å². The van der Waals surface area contributed by atoms with Gasteiger partial charge in [0.25, 0.3) is 5.56 Å². The molecule has 0 aliphatic rings. The van der Waals surface area contributed by atoms with Crippen LogP contribution >= 0.6 is 11.6 Å². The molecule has 3 aromatic rings. The molecule has 0 unspecified atom stereocenters. The molecule has 0 fully saturated rings. The maximum absolute atomic E-state index is 12.9. The molecule has 0 spiro atoms. The van der Waals surface area contributed by atoms with Crippen LogP contribution in [-0.2, 0) is 13.1 Å². The molecule has 3 rings (SSSR count). The van der Waals surface area contributed by atoms with E-state index < -0.39 is 17.0 Å². The van der Waals surface area contributed by atoms with Crippen LogP contribution in [0.15, 0.2) is 58.1 Å². The van der Waals surface area contributed by atoms with Crippen LogP contribution in [0.25, 0.3) is 0 Å². The second kappa shape index (κ2) is 9.00. The third-order valence-electron chi connectivity index (χ3n) is 4.87. The van der Waals surface area contributed by atoms with Gasteiger partial charge in [-0.2, -0.15) is 0 Å². The van der Waals surface area contributed by atoms with Crippen molar-refractivity contribution >= 4 is 28.9 Å². The predicted molar refractivity (Wildman–Crippen MR) is 120 cm³/mol. The number of nitrogens with zero attached hydrogens (tertiary/aromatic N) is 2. The lowest BCUT2D eigenvalue weighted by Crippen LogP contribution is -2.44. The largest absolute Gasteiger partial charge is 0.384 e. The number of hydrogen-bond acceptors (Lipinski definition) is 5. The number of rotatable bonds is 7. The van der Waals surface area contributed by atoms with E-state index in [2.05, 4.69) is 5.32 Å². The highest BCUT2D eigenvalue weighted by atomic mass is 35.5. The summed E-state index contributed by atoms with van der Waals surface area (Å²) in [6, 6.07) is 14.5.